The van der Waals surface area contributed by atoms with Crippen LogP contribution in [0.25, 0.3) is 0 Å². The number of rotatable bonds is 4. The van der Waals surface area contributed by atoms with Crippen LogP contribution in [0.4, 0.5) is 11.8 Å². The second-order valence-electron chi connectivity index (χ2n) is 5.66. The first-order valence-corrected chi connectivity index (χ1v) is 8.64. The van der Waals surface area contributed by atoms with Crippen LogP contribution >= 0.6 is 0 Å². The van der Waals surface area contributed by atoms with Gasteiger partial charge < -0.3 is 10.2 Å². The Morgan fingerprint density at radius 2 is 2.10 bits per heavy atom. The number of sulfone groups is 1. The van der Waals surface area contributed by atoms with Crippen molar-refractivity contribution in [2.45, 2.75) is 39.3 Å². The van der Waals surface area contributed by atoms with Gasteiger partial charge in [0, 0.05) is 30.9 Å². The van der Waals surface area contributed by atoms with E-state index < -0.39 is 9.84 Å². The first-order valence-electron chi connectivity index (χ1n) is 6.82. The highest BCUT2D eigenvalue weighted by Gasteiger charge is 2.31. The lowest BCUT2D eigenvalue weighted by atomic mass is 10.2. The maximum Gasteiger partial charge on any atom is 0.225 e. The molecular formula is C13H22N4O2S. The molecule has 1 atom stereocenters. The Hall–Kier alpha value is -1.37. The number of hydrogen-bond acceptors (Lipinski definition) is 6. The Labute approximate surface area is 120 Å². The van der Waals surface area contributed by atoms with E-state index >= 15 is 0 Å². The van der Waals surface area contributed by atoms with Crippen LogP contribution in [0, 0.1) is 6.92 Å². The van der Waals surface area contributed by atoms with Crippen molar-refractivity contribution in [1.29, 1.82) is 0 Å². The summed E-state index contributed by atoms with van der Waals surface area (Å²) in [4.78, 5) is 10.8. The predicted molar refractivity (Wildman–Crippen MR) is 81.0 cm³/mol. The topological polar surface area (TPSA) is 75.2 Å². The maximum atomic E-state index is 11.6. The average molecular weight is 298 g/mol. The molecule has 7 heteroatoms. The molecule has 0 saturated carbocycles. The second-order valence-corrected chi connectivity index (χ2v) is 7.89. The first kappa shape index (κ1) is 15.0. The quantitative estimate of drug-likeness (QED) is 0.901. The minimum absolute atomic E-state index is 0.00111. The number of aryl methyl sites for hydroxylation is 1. The number of nitrogens with one attached hydrogen (secondary N) is 1. The van der Waals surface area contributed by atoms with Gasteiger partial charge in [-0.3, -0.25) is 0 Å². The molecule has 0 aromatic carbocycles. The Balaban J connectivity index is 2.21. The van der Waals surface area contributed by atoms with Gasteiger partial charge in [0.2, 0.25) is 5.95 Å². The molecule has 112 valence electrons. The molecule has 1 aliphatic heterocycles. The SMILES string of the molecule is Cc1cc(N(C)C2CCS(=O)(=O)C2)nc(NC(C)C)n1. The van der Waals surface area contributed by atoms with E-state index in [0.717, 1.165) is 11.5 Å². The normalized spacial score (nSPS) is 21.1. The van der Waals surface area contributed by atoms with Crippen molar-refractivity contribution in [2.24, 2.45) is 0 Å². The summed E-state index contributed by atoms with van der Waals surface area (Å²) >= 11 is 0. The van der Waals surface area contributed by atoms with Crippen LogP contribution in [0.5, 0.6) is 0 Å². The summed E-state index contributed by atoms with van der Waals surface area (Å²) in [6, 6.07) is 2.14. The van der Waals surface area contributed by atoms with E-state index in [1.807, 2.05) is 38.8 Å². The van der Waals surface area contributed by atoms with Crippen molar-refractivity contribution in [3.8, 4) is 0 Å². The summed E-state index contributed by atoms with van der Waals surface area (Å²) in [5.41, 5.74) is 0.867. The lowest BCUT2D eigenvalue weighted by Gasteiger charge is -2.25. The number of nitrogens with zero attached hydrogens (tertiary/aromatic N) is 3. The lowest BCUT2D eigenvalue weighted by Crippen LogP contribution is -2.33. The first-order chi connectivity index (χ1) is 9.27. The zero-order valence-electron chi connectivity index (χ0n) is 12.4. The van der Waals surface area contributed by atoms with Crippen LogP contribution in [-0.4, -0.2) is 49.0 Å². The molecule has 0 spiro atoms. The van der Waals surface area contributed by atoms with Crippen LogP contribution < -0.4 is 10.2 Å². The highest BCUT2D eigenvalue weighted by atomic mass is 32.2. The van der Waals surface area contributed by atoms with Crippen molar-refractivity contribution in [1.82, 2.24) is 9.97 Å². The number of hydrogen-bond donors (Lipinski definition) is 1. The van der Waals surface area contributed by atoms with Gasteiger partial charge >= 0.3 is 0 Å². The second kappa shape index (κ2) is 5.55. The Bertz CT molecular complexity index is 586. The molecule has 0 amide bonds. The van der Waals surface area contributed by atoms with Gasteiger partial charge in [-0.25, -0.2) is 13.4 Å². The fourth-order valence-corrected chi connectivity index (χ4v) is 4.10. The van der Waals surface area contributed by atoms with Crippen LogP contribution in [0.3, 0.4) is 0 Å². The fourth-order valence-electron chi connectivity index (χ4n) is 2.32. The smallest absolute Gasteiger partial charge is 0.225 e. The lowest BCUT2D eigenvalue weighted by molar-refractivity contribution is 0.600. The van der Waals surface area contributed by atoms with Gasteiger partial charge in [-0.15, -0.1) is 0 Å². The molecule has 1 aliphatic rings. The highest BCUT2D eigenvalue weighted by molar-refractivity contribution is 7.91. The Morgan fingerprint density at radius 1 is 1.40 bits per heavy atom. The molecule has 0 bridgehead atoms. The van der Waals surface area contributed by atoms with E-state index in [9.17, 15) is 8.42 Å². The van der Waals surface area contributed by atoms with Gasteiger partial charge in [0.05, 0.1) is 11.5 Å². The van der Waals surface area contributed by atoms with Gasteiger partial charge in [0.15, 0.2) is 9.84 Å². The van der Waals surface area contributed by atoms with Crippen molar-refractivity contribution in [3.63, 3.8) is 0 Å². The molecule has 1 N–H and O–H groups in total. The molecule has 20 heavy (non-hydrogen) atoms. The number of aromatic nitrogens is 2. The molecule has 1 saturated heterocycles. The Kier molecular flexibility index (Phi) is 4.17. The molecule has 1 fully saturated rings. The molecule has 1 aromatic heterocycles. The van der Waals surface area contributed by atoms with E-state index in [1.165, 1.54) is 0 Å². The minimum atomic E-state index is -2.89. The van der Waals surface area contributed by atoms with Crippen LogP contribution in [0.2, 0.25) is 0 Å². The summed E-state index contributed by atoms with van der Waals surface area (Å²) in [6.45, 7) is 5.97. The molecule has 1 unspecified atom stereocenters. The standard InChI is InChI=1S/C13H22N4O2S/c1-9(2)14-13-15-10(3)7-12(16-13)17(4)11-5-6-20(18,19)8-11/h7,9,11H,5-6,8H2,1-4H3,(H,14,15,16). The molecule has 1 aromatic rings. The zero-order valence-corrected chi connectivity index (χ0v) is 13.2. The zero-order chi connectivity index (χ0) is 14.9. The van der Waals surface area contributed by atoms with Crippen LogP contribution in [-0.2, 0) is 9.84 Å². The van der Waals surface area contributed by atoms with Gasteiger partial charge in [0.1, 0.15) is 5.82 Å². The molecule has 0 radical (unpaired) electrons. The third kappa shape index (κ3) is 3.59. The summed E-state index contributed by atoms with van der Waals surface area (Å²) in [7, 11) is -0.993. The number of anilines is 2. The van der Waals surface area contributed by atoms with Crippen molar-refractivity contribution in [3.05, 3.63) is 11.8 Å². The summed E-state index contributed by atoms with van der Waals surface area (Å²) in [5, 5.41) is 3.18. The molecule has 2 heterocycles. The largest absolute Gasteiger partial charge is 0.355 e. The van der Waals surface area contributed by atoms with E-state index in [0.29, 0.717) is 12.4 Å². The third-order valence-electron chi connectivity index (χ3n) is 3.38. The third-order valence-corrected chi connectivity index (χ3v) is 5.13. The van der Waals surface area contributed by atoms with Gasteiger partial charge in [-0.2, -0.15) is 4.98 Å². The van der Waals surface area contributed by atoms with Gasteiger partial charge in [-0.1, -0.05) is 0 Å². The predicted octanol–water partition coefficient (Wildman–Crippen LogP) is 1.23. The summed E-state index contributed by atoms with van der Waals surface area (Å²) in [6.07, 6.45) is 0.662. The van der Waals surface area contributed by atoms with Crippen molar-refractivity contribution >= 4 is 21.6 Å². The highest BCUT2D eigenvalue weighted by Crippen LogP contribution is 2.22. The summed E-state index contributed by atoms with van der Waals surface area (Å²) < 4.78 is 23.2. The molecular weight excluding hydrogens is 276 g/mol. The average Bonchev–Trinajstić information content (AvgIpc) is 2.67. The van der Waals surface area contributed by atoms with Crippen LogP contribution in [0.1, 0.15) is 26.0 Å². The van der Waals surface area contributed by atoms with E-state index in [-0.39, 0.29) is 23.6 Å². The maximum absolute atomic E-state index is 11.6. The summed E-state index contributed by atoms with van der Waals surface area (Å²) in [5.74, 6) is 1.83. The van der Waals surface area contributed by atoms with E-state index in [4.69, 9.17) is 0 Å². The monoisotopic (exact) mass is 298 g/mol. The fraction of sp³-hybridized carbons (Fsp3) is 0.692. The molecule has 2 rings (SSSR count). The van der Waals surface area contributed by atoms with Crippen molar-refractivity contribution in [2.75, 3.05) is 28.8 Å². The van der Waals surface area contributed by atoms with Gasteiger partial charge in [-0.05, 0) is 27.2 Å². The molecule has 0 aliphatic carbocycles. The van der Waals surface area contributed by atoms with E-state index in [2.05, 4.69) is 15.3 Å². The molecule has 6 nitrogen and oxygen atoms in total. The van der Waals surface area contributed by atoms with Gasteiger partial charge in [0.25, 0.3) is 0 Å². The minimum Gasteiger partial charge on any atom is -0.355 e. The van der Waals surface area contributed by atoms with E-state index in [1.54, 1.807) is 0 Å². The van der Waals surface area contributed by atoms with Crippen LogP contribution in [0.15, 0.2) is 6.07 Å². The Morgan fingerprint density at radius 3 is 2.65 bits per heavy atom. The van der Waals surface area contributed by atoms with Crippen molar-refractivity contribution < 1.29 is 8.42 Å².